The van der Waals surface area contributed by atoms with Crippen LogP contribution in [-0.4, -0.2) is 92.6 Å². The molecule has 4 unspecified atom stereocenters. The summed E-state index contributed by atoms with van der Waals surface area (Å²) in [6.45, 7) is 0.390. The van der Waals surface area contributed by atoms with Crippen LogP contribution in [0.2, 0.25) is 0 Å². The van der Waals surface area contributed by atoms with E-state index in [9.17, 15) is 25.5 Å². The van der Waals surface area contributed by atoms with Crippen molar-refractivity contribution in [3.05, 3.63) is 0 Å². The second-order valence-corrected chi connectivity index (χ2v) is 5.48. The number of hydrogen-bond donors (Lipinski definition) is 6. The summed E-state index contributed by atoms with van der Waals surface area (Å²) in [7, 11) is 0. The molecule has 0 spiro atoms. The highest BCUT2D eigenvalue weighted by atomic mass is 16.8. The smallest absolute Gasteiger partial charge is 0.197 e. The Morgan fingerprint density at radius 3 is 2.29 bits per heavy atom. The Bertz CT molecular complexity index is 354. The van der Waals surface area contributed by atoms with Crippen LogP contribution in [0.1, 0.15) is 13.3 Å². The summed E-state index contributed by atoms with van der Waals surface area (Å²) in [5.74, 6) is -1.65. The van der Waals surface area contributed by atoms with Crippen LogP contribution in [0.4, 0.5) is 0 Å². The first-order chi connectivity index (χ1) is 9.83. The quantitative estimate of drug-likeness (QED) is 0.313. The number of aliphatic hydroxyl groups is 6. The van der Waals surface area contributed by atoms with E-state index < -0.39 is 61.9 Å². The Morgan fingerprint density at radius 1 is 1.10 bits per heavy atom. The van der Waals surface area contributed by atoms with Crippen LogP contribution in [0.15, 0.2) is 0 Å². The zero-order chi connectivity index (χ0) is 15.8. The van der Waals surface area contributed by atoms with Gasteiger partial charge >= 0.3 is 0 Å². The third-order valence-electron chi connectivity index (χ3n) is 3.88. The zero-order valence-corrected chi connectivity index (χ0v) is 11.6. The SMILES string of the molecule is CC1O[C@H](O[C@@]2(CO)CC(O)[C@H](CO)O2)C(O)C(O)[C@H]1O. The van der Waals surface area contributed by atoms with Crippen molar-refractivity contribution in [2.24, 2.45) is 0 Å². The van der Waals surface area contributed by atoms with Gasteiger partial charge < -0.3 is 44.8 Å². The Labute approximate surface area is 121 Å². The van der Waals surface area contributed by atoms with E-state index in [-0.39, 0.29) is 6.42 Å². The topological polar surface area (TPSA) is 149 Å². The minimum Gasteiger partial charge on any atom is -0.394 e. The van der Waals surface area contributed by atoms with E-state index in [2.05, 4.69) is 0 Å². The monoisotopic (exact) mass is 310 g/mol. The van der Waals surface area contributed by atoms with Crippen LogP contribution in [0.3, 0.4) is 0 Å². The Hall–Kier alpha value is -0.360. The molecule has 0 bridgehead atoms. The highest BCUT2D eigenvalue weighted by Gasteiger charge is 2.51. The van der Waals surface area contributed by atoms with E-state index in [1.54, 1.807) is 0 Å². The standard InChI is InChI=1S/C12H22O9/c1-5-8(16)9(17)10(18)11(19-5)21-12(4-14)2-6(15)7(3-13)20-12/h5-11,13-18H,2-4H2,1H3/t5?,6?,7-,8-,9?,10?,11+,12+/m0/s1. The van der Waals surface area contributed by atoms with Gasteiger partial charge in [0, 0.05) is 6.42 Å². The van der Waals surface area contributed by atoms with E-state index >= 15 is 0 Å². The van der Waals surface area contributed by atoms with Gasteiger partial charge in [-0.2, -0.15) is 0 Å². The van der Waals surface area contributed by atoms with E-state index in [1.807, 2.05) is 0 Å². The van der Waals surface area contributed by atoms with Crippen molar-refractivity contribution in [1.29, 1.82) is 0 Å². The minimum atomic E-state index is -1.65. The highest BCUT2D eigenvalue weighted by Crippen LogP contribution is 2.35. The van der Waals surface area contributed by atoms with Crippen LogP contribution in [0.25, 0.3) is 0 Å². The van der Waals surface area contributed by atoms with Crippen LogP contribution in [-0.2, 0) is 14.2 Å². The first-order valence-corrected chi connectivity index (χ1v) is 6.78. The predicted octanol–water partition coefficient (Wildman–Crippen LogP) is -3.34. The van der Waals surface area contributed by atoms with E-state index in [0.717, 1.165) is 0 Å². The molecule has 0 aromatic heterocycles. The molecule has 2 saturated heterocycles. The first-order valence-electron chi connectivity index (χ1n) is 6.78. The lowest BCUT2D eigenvalue weighted by molar-refractivity contribution is -0.368. The molecule has 0 aliphatic carbocycles. The molecule has 6 N–H and O–H groups in total. The van der Waals surface area contributed by atoms with E-state index in [0.29, 0.717) is 0 Å². The zero-order valence-electron chi connectivity index (χ0n) is 11.6. The van der Waals surface area contributed by atoms with Gasteiger partial charge in [0.2, 0.25) is 0 Å². The summed E-state index contributed by atoms with van der Waals surface area (Å²) in [4.78, 5) is 0. The van der Waals surface area contributed by atoms with Crippen molar-refractivity contribution in [3.63, 3.8) is 0 Å². The maximum atomic E-state index is 9.88. The predicted molar refractivity (Wildman–Crippen MR) is 65.8 cm³/mol. The average Bonchev–Trinajstić information content (AvgIpc) is 2.79. The van der Waals surface area contributed by atoms with Gasteiger partial charge in [-0.25, -0.2) is 0 Å². The van der Waals surface area contributed by atoms with Crippen molar-refractivity contribution < 1.29 is 44.8 Å². The maximum Gasteiger partial charge on any atom is 0.197 e. The molecule has 0 aromatic carbocycles. The number of aliphatic hydroxyl groups excluding tert-OH is 6. The van der Waals surface area contributed by atoms with E-state index in [1.165, 1.54) is 6.92 Å². The molecule has 0 amide bonds. The number of ether oxygens (including phenoxy) is 3. The van der Waals surface area contributed by atoms with E-state index in [4.69, 9.17) is 19.3 Å². The molecule has 0 radical (unpaired) electrons. The first kappa shape index (κ1) is 17.0. The highest BCUT2D eigenvalue weighted by molar-refractivity contribution is 4.92. The summed E-state index contributed by atoms with van der Waals surface area (Å²) in [5.41, 5.74) is 0. The molecular weight excluding hydrogens is 288 g/mol. The number of hydrogen-bond acceptors (Lipinski definition) is 9. The summed E-state index contributed by atoms with van der Waals surface area (Å²) >= 11 is 0. The molecule has 0 aromatic rings. The molecule has 8 atom stereocenters. The van der Waals surface area contributed by atoms with Gasteiger partial charge in [-0.3, -0.25) is 0 Å². The molecule has 2 rings (SSSR count). The maximum absolute atomic E-state index is 9.88. The molecule has 2 fully saturated rings. The lowest BCUT2D eigenvalue weighted by Gasteiger charge is -2.42. The third kappa shape index (κ3) is 3.21. The van der Waals surface area contributed by atoms with Gasteiger partial charge in [0.25, 0.3) is 0 Å². The van der Waals surface area contributed by atoms with Crippen molar-refractivity contribution in [2.75, 3.05) is 13.2 Å². The fourth-order valence-corrected chi connectivity index (χ4v) is 2.55. The average molecular weight is 310 g/mol. The molecular formula is C12H22O9. The molecule has 124 valence electrons. The molecule has 2 heterocycles. The molecule has 2 aliphatic rings. The lowest BCUT2D eigenvalue weighted by atomic mass is 10.00. The molecule has 2 aliphatic heterocycles. The van der Waals surface area contributed by atoms with Crippen LogP contribution in [0.5, 0.6) is 0 Å². The molecule has 0 saturated carbocycles. The Balaban J connectivity index is 2.08. The van der Waals surface area contributed by atoms with Gasteiger partial charge in [-0.15, -0.1) is 0 Å². The Kier molecular flexibility index (Phi) is 5.19. The van der Waals surface area contributed by atoms with Crippen molar-refractivity contribution in [2.45, 2.75) is 62.0 Å². The fraction of sp³-hybridized carbons (Fsp3) is 1.00. The summed E-state index contributed by atoms with van der Waals surface area (Å²) in [6, 6.07) is 0. The Morgan fingerprint density at radius 2 is 1.76 bits per heavy atom. The fourth-order valence-electron chi connectivity index (χ4n) is 2.55. The van der Waals surface area contributed by atoms with Crippen LogP contribution in [0, 0.1) is 0 Å². The van der Waals surface area contributed by atoms with Gasteiger partial charge in [0.05, 0.1) is 25.4 Å². The second kappa shape index (κ2) is 6.41. The summed E-state index contributed by atoms with van der Waals surface area (Å²) in [5, 5.41) is 57.4. The van der Waals surface area contributed by atoms with Gasteiger partial charge in [0.1, 0.15) is 24.4 Å². The van der Waals surface area contributed by atoms with Crippen molar-refractivity contribution >= 4 is 0 Å². The summed E-state index contributed by atoms with van der Waals surface area (Å²) in [6.07, 6.45) is -8.55. The minimum absolute atomic E-state index is 0.131. The summed E-state index contributed by atoms with van der Waals surface area (Å²) < 4.78 is 16.0. The van der Waals surface area contributed by atoms with Crippen LogP contribution >= 0.6 is 0 Å². The van der Waals surface area contributed by atoms with Gasteiger partial charge in [-0.05, 0) is 6.92 Å². The van der Waals surface area contributed by atoms with Gasteiger partial charge in [-0.1, -0.05) is 0 Å². The third-order valence-corrected chi connectivity index (χ3v) is 3.88. The van der Waals surface area contributed by atoms with Crippen molar-refractivity contribution in [3.8, 4) is 0 Å². The molecule has 9 heteroatoms. The van der Waals surface area contributed by atoms with Crippen LogP contribution < -0.4 is 0 Å². The molecule has 9 nitrogen and oxygen atoms in total. The number of rotatable bonds is 4. The lowest BCUT2D eigenvalue weighted by Crippen LogP contribution is -2.59. The largest absolute Gasteiger partial charge is 0.394 e. The van der Waals surface area contributed by atoms with Crippen molar-refractivity contribution in [1.82, 2.24) is 0 Å². The van der Waals surface area contributed by atoms with Gasteiger partial charge in [0.15, 0.2) is 12.1 Å². The molecule has 21 heavy (non-hydrogen) atoms. The normalized spacial score (nSPS) is 51.3. The second-order valence-electron chi connectivity index (χ2n) is 5.48.